The second-order valence-electron chi connectivity index (χ2n) is 6.86. The van der Waals surface area contributed by atoms with E-state index < -0.39 is 29.7 Å². The van der Waals surface area contributed by atoms with Crippen molar-refractivity contribution in [1.82, 2.24) is 0 Å². The summed E-state index contributed by atoms with van der Waals surface area (Å²) in [4.78, 5) is 27.9. The molecule has 0 spiro atoms. The Kier molecular flexibility index (Phi) is 11.0. The first-order valence-electron chi connectivity index (χ1n) is 8.34. The van der Waals surface area contributed by atoms with E-state index in [1.807, 2.05) is 6.92 Å². The zero-order chi connectivity index (χ0) is 18.5. The fourth-order valence-corrected chi connectivity index (χ4v) is 4.26. The van der Waals surface area contributed by atoms with E-state index in [0.717, 1.165) is 6.42 Å². The van der Waals surface area contributed by atoms with Crippen LogP contribution in [0, 0.1) is 23.7 Å². The zero-order valence-electron chi connectivity index (χ0n) is 16.1. The molecule has 0 aromatic heterocycles. The van der Waals surface area contributed by atoms with Gasteiger partial charge in [0.25, 0.3) is 0 Å². The third kappa shape index (κ3) is 5.25. The molecule has 0 bridgehead atoms. The Morgan fingerprint density at radius 1 is 1.28 bits per heavy atom. The Labute approximate surface area is 171 Å². The maximum Gasteiger partial charge on any atom is 1.00 e. The molecule has 5 atom stereocenters. The first-order valence-corrected chi connectivity index (χ1v) is 8.34. The summed E-state index contributed by atoms with van der Waals surface area (Å²) in [5.74, 6) is -2.81. The normalized spacial score (nSPS) is 30.6. The standard InChI is InChI=1S/C17H30O7.Na/c1-10-6-8-14(12(3)15(19)20)17(24-21,16(22-4)23-5)13(10)9-7-11(2)18;/h10,12-14,16,21H,6-9H2,1-5H3,(H,19,20);/q;+1/p-1/t10-,12?,13+,14+,17?;/m1./s1. The molecule has 1 fully saturated rings. The number of hydrogen-bond acceptors (Lipinski definition) is 7. The molecule has 1 aliphatic rings. The molecular formula is C17H29NaO7. The predicted molar refractivity (Wildman–Crippen MR) is 83.7 cm³/mol. The van der Waals surface area contributed by atoms with Gasteiger partial charge in [-0.05, 0) is 38.0 Å². The molecule has 1 rings (SSSR count). The minimum Gasteiger partial charge on any atom is -0.550 e. The molecule has 0 radical (unpaired) electrons. The summed E-state index contributed by atoms with van der Waals surface area (Å²) in [6.07, 6.45) is 1.09. The number of ketones is 1. The number of carboxylic acid groups (broad SMARTS) is 1. The summed E-state index contributed by atoms with van der Waals surface area (Å²) in [6, 6.07) is 0. The monoisotopic (exact) mass is 368 g/mol. The molecular weight excluding hydrogens is 339 g/mol. The second-order valence-corrected chi connectivity index (χ2v) is 6.86. The van der Waals surface area contributed by atoms with Crippen LogP contribution in [0.1, 0.15) is 46.5 Å². The summed E-state index contributed by atoms with van der Waals surface area (Å²) in [5.41, 5.74) is -1.38. The molecule has 0 aromatic rings. The van der Waals surface area contributed by atoms with E-state index in [1.165, 1.54) is 28.1 Å². The molecule has 0 aromatic carbocycles. The molecule has 1 saturated carbocycles. The quantitative estimate of drug-likeness (QED) is 0.223. The van der Waals surface area contributed by atoms with Gasteiger partial charge in [-0.25, -0.2) is 4.89 Å². The summed E-state index contributed by atoms with van der Waals surface area (Å²) in [6.45, 7) is 5.04. The van der Waals surface area contributed by atoms with Crippen molar-refractivity contribution in [3.63, 3.8) is 0 Å². The minimum atomic E-state index is -1.38. The average molecular weight is 368 g/mol. The SMILES string of the molecule is COC(OC)C1(OO)[C@H](C(C)C(=O)[O-])CC[C@@H](C)[C@@H]1CCC(C)=O.[Na+]. The maximum atomic E-state index is 11.5. The van der Waals surface area contributed by atoms with Crippen LogP contribution in [0.5, 0.6) is 0 Å². The van der Waals surface area contributed by atoms with Crippen LogP contribution >= 0.6 is 0 Å². The molecule has 7 nitrogen and oxygen atoms in total. The van der Waals surface area contributed by atoms with Crippen molar-refractivity contribution in [2.24, 2.45) is 23.7 Å². The van der Waals surface area contributed by atoms with E-state index in [9.17, 15) is 20.0 Å². The van der Waals surface area contributed by atoms with Crippen LogP contribution in [-0.2, 0) is 24.0 Å². The van der Waals surface area contributed by atoms with Gasteiger partial charge in [0, 0.05) is 38.4 Å². The molecule has 0 saturated heterocycles. The second kappa shape index (κ2) is 11.0. The predicted octanol–water partition coefficient (Wildman–Crippen LogP) is -1.74. The number of aliphatic carboxylic acids is 1. The Hall–Kier alpha value is -0.0200. The van der Waals surface area contributed by atoms with Crippen LogP contribution in [0.15, 0.2) is 0 Å². The first-order chi connectivity index (χ1) is 11.3. The van der Waals surface area contributed by atoms with Crippen molar-refractivity contribution in [2.75, 3.05) is 14.2 Å². The number of ether oxygens (including phenoxy) is 2. The fraction of sp³-hybridized carbons (Fsp3) is 0.882. The Bertz CT molecular complexity index is 441. The van der Waals surface area contributed by atoms with Gasteiger partial charge >= 0.3 is 29.6 Å². The third-order valence-corrected chi connectivity index (χ3v) is 5.52. The number of carboxylic acids is 1. The van der Waals surface area contributed by atoms with Gasteiger partial charge in [-0.3, -0.25) is 5.26 Å². The van der Waals surface area contributed by atoms with Crippen molar-refractivity contribution in [3.05, 3.63) is 0 Å². The molecule has 1 N–H and O–H groups in total. The number of hydrogen-bond donors (Lipinski definition) is 1. The van der Waals surface area contributed by atoms with Crippen LogP contribution in [0.3, 0.4) is 0 Å². The molecule has 2 unspecified atom stereocenters. The average Bonchev–Trinajstić information content (AvgIpc) is 2.54. The first kappa shape index (κ1) is 25.0. The molecule has 1 aliphatic carbocycles. The number of rotatable bonds is 9. The van der Waals surface area contributed by atoms with E-state index in [1.54, 1.807) is 0 Å². The van der Waals surface area contributed by atoms with Gasteiger partial charge in [0.15, 0.2) is 11.9 Å². The Balaban J connectivity index is 0.00000576. The van der Waals surface area contributed by atoms with Crippen LogP contribution in [-0.4, -0.2) is 43.1 Å². The summed E-state index contributed by atoms with van der Waals surface area (Å²) < 4.78 is 10.7. The molecule has 8 heteroatoms. The van der Waals surface area contributed by atoms with Crippen molar-refractivity contribution >= 4 is 11.8 Å². The van der Waals surface area contributed by atoms with Gasteiger partial charge in [0.1, 0.15) is 5.78 Å². The summed E-state index contributed by atoms with van der Waals surface area (Å²) in [7, 11) is 2.83. The zero-order valence-corrected chi connectivity index (χ0v) is 18.1. The summed E-state index contributed by atoms with van der Waals surface area (Å²) >= 11 is 0. The van der Waals surface area contributed by atoms with Crippen molar-refractivity contribution < 1.29 is 63.9 Å². The molecule has 0 aliphatic heterocycles. The molecule has 0 amide bonds. The molecule has 0 heterocycles. The van der Waals surface area contributed by atoms with Crippen molar-refractivity contribution in [1.29, 1.82) is 0 Å². The summed E-state index contributed by atoms with van der Waals surface area (Å²) in [5, 5.41) is 21.3. The number of carbonyl (C=O) groups excluding carboxylic acids is 2. The van der Waals surface area contributed by atoms with Crippen LogP contribution in [0.25, 0.3) is 0 Å². The van der Waals surface area contributed by atoms with Crippen LogP contribution in [0.2, 0.25) is 0 Å². The van der Waals surface area contributed by atoms with E-state index in [4.69, 9.17) is 14.4 Å². The van der Waals surface area contributed by atoms with Gasteiger partial charge in [-0.1, -0.05) is 13.8 Å². The van der Waals surface area contributed by atoms with Gasteiger partial charge in [0.2, 0.25) is 0 Å². The smallest absolute Gasteiger partial charge is 0.550 e. The minimum absolute atomic E-state index is 0. The Morgan fingerprint density at radius 2 is 1.84 bits per heavy atom. The van der Waals surface area contributed by atoms with Crippen LogP contribution < -0.4 is 34.7 Å². The number of carbonyl (C=O) groups is 2. The van der Waals surface area contributed by atoms with Gasteiger partial charge in [0.05, 0.1) is 0 Å². The number of Topliss-reactive ketones (excluding diaryl/α,β-unsaturated/α-hetero) is 1. The topological polar surface area (TPSA) is 105 Å². The van der Waals surface area contributed by atoms with E-state index in [-0.39, 0.29) is 47.2 Å². The van der Waals surface area contributed by atoms with E-state index in [0.29, 0.717) is 19.3 Å². The van der Waals surface area contributed by atoms with Crippen molar-refractivity contribution in [2.45, 2.75) is 58.3 Å². The Morgan fingerprint density at radius 3 is 2.24 bits per heavy atom. The van der Waals surface area contributed by atoms with Gasteiger partial charge < -0.3 is 24.2 Å². The van der Waals surface area contributed by atoms with Gasteiger partial charge in [-0.2, -0.15) is 0 Å². The largest absolute Gasteiger partial charge is 1.00 e. The molecule has 25 heavy (non-hydrogen) atoms. The van der Waals surface area contributed by atoms with Crippen LogP contribution in [0.4, 0.5) is 0 Å². The maximum absolute atomic E-state index is 11.5. The fourth-order valence-electron chi connectivity index (χ4n) is 4.26. The van der Waals surface area contributed by atoms with Crippen molar-refractivity contribution in [3.8, 4) is 0 Å². The molecule has 140 valence electrons. The third-order valence-electron chi connectivity index (χ3n) is 5.52. The van der Waals surface area contributed by atoms with E-state index >= 15 is 0 Å². The van der Waals surface area contributed by atoms with E-state index in [2.05, 4.69) is 0 Å². The number of methoxy groups -OCH3 is 2. The van der Waals surface area contributed by atoms with Gasteiger partial charge in [-0.15, -0.1) is 0 Å².